The average molecular weight is 273 g/mol. The smallest absolute Gasteiger partial charge is 0.228 e. The van der Waals surface area contributed by atoms with Gasteiger partial charge in [-0.15, -0.1) is 0 Å². The highest BCUT2D eigenvalue weighted by Crippen LogP contribution is 2.31. The molecule has 5 heteroatoms. The van der Waals surface area contributed by atoms with E-state index in [1.165, 1.54) is 6.42 Å². The van der Waals surface area contributed by atoms with Crippen LogP contribution in [0, 0.1) is 0 Å². The largest absolute Gasteiger partial charge is 0.497 e. The fourth-order valence-electron chi connectivity index (χ4n) is 2.51. The Balaban J connectivity index is 1.67. The maximum Gasteiger partial charge on any atom is 0.228 e. The number of aromatic nitrogens is 2. The minimum atomic E-state index is -0.125. The summed E-state index contributed by atoms with van der Waals surface area (Å²) in [5.41, 5.74) is 7.16. The highest BCUT2D eigenvalue weighted by Gasteiger charge is 2.34. The quantitative estimate of drug-likeness (QED) is 0.903. The lowest BCUT2D eigenvalue weighted by molar-refractivity contribution is 0.221. The van der Waals surface area contributed by atoms with Gasteiger partial charge in [0, 0.05) is 18.4 Å². The van der Waals surface area contributed by atoms with E-state index in [-0.39, 0.29) is 5.54 Å². The summed E-state index contributed by atoms with van der Waals surface area (Å²) in [5, 5.41) is 4.03. The molecule has 1 aliphatic rings. The Morgan fingerprint density at radius 3 is 2.95 bits per heavy atom. The van der Waals surface area contributed by atoms with Gasteiger partial charge >= 0.3 is 0 Å². The number of hydrogen-bond donors (Lipinski definition) is 1. The zero-order chi connectivity index (χ0) is 14.0. The van der Waals surface area contributed by atoms with Gasteiger partial charge in [0.25, 0.3) is 0 Å². The molecular formula is C15H19N3O2. The molecule has 0 unspecified atom stereocenters. The van der Waals surface area contributed by atoms with Crippen LogP contribution in [0.2, 0.25) is 0 Å². The lowest BCUT2D eigenvalue weighted by Gasteiger charge is -2.36. The summed E-state index contributed by atoms with van der Waals surface area (Å²) >= 11 is 0. The van der Waals surface area contributed by atoms with Crippen LogP contribution in [-0.2, 0) is 12.8 Å². The van der Waals surface area contributed by atoms with E-state index < -0.39 is 0 Å². The summed E-state index contributed by atoms with van der Waals surface area (Å²) in [6, 6.07) is 7.87. The molecule has 20 heavy (non-hydrogen) atoms. The van der Waals surface area contributed by atoms with Gasteiger partial charge in [-0.25, -0.2) is 0 Å². The van der Waals surface area contributed by atoms with Crippen LogP contribution < -0.4 is 10.5 Å². The van der Waals surface area contributed by atoms with Crippen LogP contribution in [0.3, 0.4) is 0 Å². The normalized spacial score (nSPS) is 16.7. The number of hydrogen-bond acceptors (Lipinski definition) is 5. The van der Waals surface area contributed by atoms with Crippen molar-refractivity contribution in [2.45, 2.75) is 37.6 Å². The molecule has 5 nitrogen and oxygen atoms in total. The van der Waals surface area contributed by atoms with Gasteiger partial charge in [0.05, 0.1) is 7.11 Å². The molecule has 0 aliphatic heterocycles. The van der Waals surface area contributed by atoms with Gasteiger partial charge in [-0.3, -0.25) is 0 Å². The summed E-state index contributed by atoms with van der Waals surface area (Å²) in [4.78, 5) is 4.43. The number of benzene rings is 1. The molecule has 0 saturated heterocycles. The van der Waals surface area contributed by atoms with Crippen molar-refractivity contribution in [1.82, 2.24) is 10.1 Å². The highest BCUT2D eigenvalue weighted by atomic mass is 16.5. The molecule has 1 aliphatic carbocycles. The number of nitrogens with zero attached hydrogens (tertiary/aromatic N) is 2. The van der Waals surface area contributed by atoms with Crippen LogP contribution in [-0.4, -0.2) is 22.8 Å². The topological polar surface area (TPSA) is 74.2 Å². The van der Waals surface area contributed by atoms with E-state index >= 15 is 0 Å². The van der Waals surface area contributed by atoms with Gasteiger partial charge in [0.1, 0.15) is 5.75 Å². The Hall–Kier alpha value is -1.88. The number of nitrogens with two attached hydrogens (primary N) is 1. The Bertz CT molecular complexity index is 590. The van der Waals surface area contributed by atoms with E-state index in [0.29, 0.717) is 24.6 Å². The second-order valence-corrected chi connectivity index (χ2v) is 5.53. The van der Waals surface area contributed by atoms with Crippen molar-refractivity contribution < 1.29 is 9.26 Å². The van der Waals surface area contributed by atoms with E-state index in [1.54, 1.807) is 7.11 Å². The fourth-order valence-corrected chi connectivity index (χ4v) is 2.51. The van der Waals surface area contributed by atoms with Gasteiger partial charge in [-0.1, -0.05) is 17.3 Å². The second-order valence-electron chi connectivity index (χ2n) is 5.53. The highest BCUT2D eigenvalue weighted by molar-refractivity contribution is 5.30. The van der Waals surface area contributed by atoms with Gasteiger partial charge in [-0.2, -0.15) is 4.98 Å². The summed E-state index contributed by atoms with van der Waals surface area (Å²) in [6.45, 7) is 0. The van der Waals surface area contributed by atoms with E-state index in [4.69, 9.17) is 15.0 Å². The first-order valence-electron chi connectivity index (χ1n) is 6.90. The number of rotatable bonds is 5. The van der Waals surface area contributed by atoms with Crippen molar-refractivity contribution in [2.75, 3.05) is 7.11 Å². The van der Waals surface area contributed by atoms with Crippen LogP contribution in [0.4, 0.5) is 0 Å². The molecule has 1 heterocycles. The predicted octanol–water partition coefficient (Wildman–Crippen LogP) is 2.09. The maximum atomic E-state index is 6.19. The maximum absolute atomic E-state index is 6.19. The van der Waals surface area contributed by atoms with Crippen LogP contribution >= 0.6 is 0 Å². The van der Waals surface area contributed by atoms with Gasteiger partial charge in [0.15, 0.2) is 5.82 Å². The van der Waals surface area contributed by atoms with Crippen molar-refractivity contribution >= 4 is 0 Å². The summed E-state index contributed by atoms with van der Waals surface area (Å²) in [7, 11) is 1.66. The van der Waals surface area contributed by atoms with Crippen molar-refractivity contribution in [1.29, 1.82) is 0 Å². The second kappa shape index (κ2) is 5.25. The molecule has 1 aromatic carbocycles. The number of methoxy groups -OCH3 is 1. The third-order valence-corrected chi connectivity index (χ3v) is 3.86. The summed E-state index contributed by atoms with van der Waals surface area (Å²) in [6.07, 6.45) is 4.60. The molecule has 1 saturated carbocycles. The zero-order valence-electron chi connectivity index (χ0n) is 11.6. The standard InChI is InChI=1S/C15H19N3O2/c1-19-12-5-2-4-11(8-12)9-13-17-14(20-18-13)10-15(16)6-3-7-15/h2,4-5,8H,3,6-7,9-10,16H2,1H3. The van der Waals surface area contributed by atoms with Crippen molar-refractivity contribution in [2.24, 2.45) is 5.73 Å². The molecule has 2 aromatic rings. The van der Waals surface area contributed by atoms with Gasteiger partial charge in [0.2, 0.25) is 5.89 Å². The van der Waals surface area contributed by atoms with Gasteiger partial charge in [-0.05, 0) is 37.0 Å². The van der Waals surface area contributed by atoms with E-state index in [9.17, 15) is 0 Å². The van der Waals surface area contributed by atoms with Gasteiger partial charge < -0.3 is 15.0 Å². The Morgan fingerprint density at radius 2 is 2.25 bits per heavy atom. The molecule has 3 rings (SSSR count). The lowest BCUT2D eigenvalue weighted by Crippen LogP contribution is -2.48. The van der Waals surface area contributed by atoms with Crippen LogP contribution in [0.1, 0.15) is 36.5 Å². The van der Waals surface area contributed by atoms with E-state index in [2.05, 4.69) is 10.1 Å². The van der Waals surface area contributed by atoms with Crippen LogP contribution in [0.15, 0.2) is 28.8 Å². The molecular weight excluding hydrogens is 254 g/mol. The fraction of sp³-hybridized carbons (Fsp3) is 0.467. The molecule has 1 aromatic heterocycles. The summed E-state index contributed by atoms with van der Waals surface area (Å²) < 4.78 is 10.5. The van der Waals surface area contributed by atoms with Crippen molar-refractivity contribution in [3.05, 3.63) is 41.5 Å². The molecule has 1 fully saturated rings. The first-order valence-corrected chi connectivity index (χ1v) is 6.90. The molecule has 0 amide bonds. The predicted molar refractivity (Wildman–Crippen MR) is 74.6 cm³/mol. The molecule has 0 atom stereocenters. The average Bonchev–Trinajstić information content (AvgIpc) is 2.84. The Kier molecular flexibility index (Phi) is 3.44. The third kappa shape index (κ3) is 2.82. The minimum Gasteiger partial charge on any atom is -0.497 e. The zero-order valence-corrected chi connectivity index (χ0v) is 11.6. The number of ether oxygens (including phenoxy) is 1. The van der Waals surface area contributed by atoms with Crippen LogP contribution in [0.25, 0.3) is 0 Å². The van der Waals surface area contributed by atoms with Crippen molar-refractivity contribution in [3.63, 3.8) is 0 Å². The minimum absolute atomic E-state index is 0.125. The Labute approximate surface area is 118 Å². The van der Waals surface area contributed by atoms with Crippen LogP contribution in [0.5, 0.6) is 5.75 Å². The molecule has 0 spiro atoms. The van der Waals surface area contributed by atoms with E-state index in [0.717, 1.165) is 24.2 Å². The van der Waals surface area contributed by atoms with Crippen molar-refractivity contribution in [3.8, 4) is 5.75 Å². The Morgan fingerprint density at radius 1 is 1.40 bits per heavy atom. The summed E-state index contributed by atoms with van der Waals surface area (Å²) in [5.74, 6) is 2.17. The molecule has 0 radical (unpaired) electrons. The van der Waals surface area contributed by atoms with E-state index in [1.807, 2.05) is 24.3 Å². The molecule has 0 bridgehead atoms. The monoisotopic (exact) mass is 273 g/mol. The molecule has 106 valence electrons. The molecule has 2 N–H and O–H groups in total. The first kappa shape index (κ1) is 13.1. The third-order valence-electron chi connectivity index (χ3n) is 3.86. The lowest BCUT2D eigenvalue weighted by atomic mass is 9.75. The first-order chi connectivity index (χ1) is 9.67. The SMILES string of the molecule is COc1cccc(Cc2noc(CC3(N)CCC3)n2)c1.